The van der Waals surface area contributed by atoms with Crippen LogP contribution in [0.5, 0.6) is 11.5 Å². The fourth-order valence-electron chi connectivity index (χ4n) is 3.85. The number of carbonyl (C=O) groups excluding carboxylic acids is 3. The summed E-state index contributed by atoms with van der Waals surface area (Å²) in [6.45, 7) is 3.69. The quantitative estimate of drug-likeness (QED) is 0.152. The average Bonchev–Trinajstić information content (AvgIpc) is 3.01. The van der Waals surface area contributed by atoms with Gasteiger partial charge < -0.3 is 29.0 Å². The first-order valence-electron chi connectivity index (χ1n) is 13.2. The molecule has 0 saturated heterocycles. The van der Waals surface area contributed by atoms with Crippen LogP contribution >= 0.6 is 0 Å². The van der Waals surface area contributed by atoms with Crippen LogP contribution in [0.2, 0.25) is 0 Å². The largest absolute Gasteiger partial charge is 0.509 e. The molecule has 3 aromatic rings. The molecule has 1 amide bonds. The zero-order valence-corrected chi connectivity index (χ0v) is 23.3. The molecule has 9 nitrogen and oxygen atoms in total. The molecule has 41 heavy (non-hydrogen) atoms. The second kappa shape index (κ2) is 16.3. The molecule has 3 rings (SSSR count). The Bertz CT molecular complexity index is 1290. The Kier molecular flexibility index (Phi) is 12.3. The van der Waals surface area contributed by atoms with Crippen molar-refractivity contribution >= 4 is 18.0 Å². The van der Waals surface area contributed by atoms with Crippen LogP contribution < -0.4 is 14.8 Å². The number of carbonyl (C=O) groups is 3. The van der Waals surface area contributed by atoms with Crippen LogP contribution in [-0.4, -0.2) is 51.5 Å². The lowest BCUT2D eigenvalue weighted by Crippen LogP contribution is -2.31. The van der Waals surface area contributed by atoms with E-state index < -0.39 is 18.2 Å². The van der Waals surface area contributed by atoms with Gasteiger partial charge in [0.25, 0.3) is 0 Å². The highest BCUT2D eigenvalue weighted by Gasteiger charge is 2.26. The summed E-state index contributed by atoms with van der Waals surface area (Å²) in [5, 5.41) is 2.57. The van der Waals surface area contributed by atoms with E-state index in [0.717, 1.165) is 16.7 Å². The molecular formula is C32H35NO8. The van der Waals surface area contributed by atoms with Crippen LogP contribution in [0.1, 0.15) is 24.0 Å². The molecule has 0 heterocycles. The molecule has 0 fully saturated rings. The van der Waals surface area contributed by atoms with Gasteiger partial charge in [0.05, 0.1) is 13.7 Å². The molecule has 0 aliphatic rings. The average molecular weight is 562 g/mol. The first kappa shape index (κ1) is 30.7. The van der Waals surface area contributed by atoms with Gasteiger partial charge in [0.15, 0.2) is 0 Å². The molecule has 3 aromatic carbocycles. The van der Waals surface area contributed by atoms with Crippen molar-refractivity contribution < 1.29 is 38.1 Å². The SMILES string of the molecule is C=CCOC(=O)OC(Cc1ccc(-c2ccccc2)cc1)C(=O)OCc1ccc(OCCCC(=O)NC)cc1OC. The highest BCUT2D eigenvalue weighted by molar-refractivity contribution is 5.78. The van der Waals surface area contributed by atoms with E-state index in [1.54, 1.807) is 25.2 Å². The number of rotatable bonds is 15. The number of benzene rings is 3. The summed E-state index contributed by atoms with van der Waals surface area (Å²) >= 11 is 0. The number of hydrogen-bond donors (Lipinski definition) is 1. The lowest BCUT2D eigenvalue weighted by atomic mass is 10.0. The molecule has 1 unspecified atom stereocenters. The third kappa shape index (κ3) is 10.0. The zero-order chi connectivity index (χ0) is 29.5. The minimum atomic E-state index is -1.23. The van der Waals surface area contributed by atoms with Crippen molar-refractivity contribution in [3.63, 3.8) is 0 Å². The maximum atomic E-state index is 13.1. The monoisotopic (exact) mass is 561 g/mol. The molecule has 0 aromatic heterocycles. The Morgan fingerprint density at radius 3 is 2.37 bits per heavy atom. The van der Waals surface area contributed by atoms with E-state index in [1.807, 2.05) is 54.6 Å². The molecule has 0 spiro atoms. The second-order valence-electron chi connectivity index (χ2n) is 8.93. The summed E-state index contributed by atoms with van der Waals surface area (Å²) in [6, 6.07) is 22.6. The van der Waals surface area contributed by atoms with Crippen molar-refractivity contribution in [1.82, 2.24) is 5.32 Å². The van der Waals surface area contributed by atoms with Crippen molar-refractivity contribution in [1.29, 1.82) is 0 Å². The Morgan fingerprint density at radius 1 is 0.951 bits per heavy atom. The fourth-order valence-corrected chi connectivity index (χ4v) is 3.85. The van der Waals surface area contributed by atoms with Crippen LogP contribution in [0, 0.1) is 0 Å². The van der Waals surface area contributed by atoms with Crippen LogP contribution in [0.15, 0.2) is 85.5 Å². The summed E-state index contributed by atoms with van der Waals surface area (Å²) < 4.78 is 26.9. The summed E-state index contributed by atoms with van der Waals surface area (Å²) in [6.07, 6.45) is 0.193. The first-order chi connectivity index (χ1) is 19.9. The van der Waals surface area contributed by atoms with Crippen LogP contribution in [0.4, 0.5) is 4.79 Å². The molecule has 1 atom stereocenters. The standard InChI is InChI=1S/C32H35NO8/c1-4-18-39-32(36)41-29(20-23-12-14-25(15-13-23)24-9-6-5-7-10-24)31(35)40-22-26-16-17-27(21-28(26)37-3)38-19-8-11-30(34)33-2/h4-7,9-10,12-17,21,29H,1,8,11,18-20,22H2,2-3H3,(H,33,34). The Balaban J connectivity index is 1.64. The van der Waals surface area contributed by atoms with E-state index >= 15 is 0 Å². The first-order valence-corrected chi connectivity index (χ1v) is 13.2. The van der Waals surface area contributed by atoms with Gasteiger partial charge in [-0.3, -0.25) is 4.79 Å². The van der Waals surface area contributed by atoms with Crippen molar-refractivity contribution in [2.75, 3.05) is 27.4 Å². The summed E-state index contributed by atoms with van der Waals surface area (Å²) in [7, 11) is 3.09. The number of esters is 1. The Hall–Kier alpha value is -4.79. The molecule has 0 aliphatic heterocycles. The normalized spacial score (nSPS) is 11.1. The van der Waals surface area contributed by atoms with Crippen LogP contribution in [-0.2, 0) is 36.8 Å². The maximum absolute atomic E-state index is 13.1. The van der Waals surface area contributed by atoms with E-state index in [4.69, 9.17) is 23.7 Å². The molecule has 0 bridgehead atoms. The van der Waals surface area contributed by atoms with Gasteiger partial charge in [0.1, 0.15) is 24.7 Å². The van der Waals surface area contributed by atoms with Gasteiger partial charge >= 0.3 is 12.1 Å². The predicted molar refractivity (Wildman–Crippen MR) is 154 cm³/mol. The van der Waals surface area contributed by atoms with Crippen molar-refractivity contribution in [2.24, 2.45) is 0 Å². The molecule has 9 heteroatoms. The maximum Gasteiger partial charge on any atom is 0.509 e. The zero-order valence-electron chi connectivity index (χ0n) is 23.3. The van der Waals surface area contributed by atoms with Gasteiger partial charge in [-0.05, 0) is 35.2 Å². The number of ether oxygens (including phenoxy) is 5. The van der Waals surface area contributed by atoms with E-state index in [1.165, 1.54) is 13.2 Å². The van der Waals surface area contributed by atoms with E-state index in [-0.39, 0.29) is 25.5 Å². The molecule has 1 N–H and O–H groups in total. The topological polar surface area (TPSA) is 109 Å². The van der Waals surface area contributed by atoms with Crippen molar-refractivity contribution in [3.8, 4) is 22.6 Å². The third-order valence-corrected chi connectivity index (χ3v) is 6.03. The van der Waals surface area contributed by atoms with Crippen LogP contribution in [0.25, 0.3) is 11.1 Å². The predicted octanol–water partition coefficient (Wildman–Crippen LogP) is 5.26. The van der Waals surface area contributed by atoms with Crippen molar-refractivity contribution in [2.45, 2.75) is 32.0 Å². The number of methoxy groups -OCH3 is 1. The molecule has 0 saturated carbocycles. The summed E-state index contributed by atoms with van der Waals surface area (Å²) in [5.74, 6) is 0.230. The highest BCUT2D eigenvalue weighted by Crippen LogP contribution is 2.26. The van der Waals surface area contributed by atoms with Gasteiger partial charge in [-0.15, -0.1) is 0 Å². The molecular weight excluding hydrogens is 526 g/mol. The highest BCUT2D eigenvalue weighted by atomic mass is 16.7. The van der Waals surface area contributed by atoms with Gasteiger partial charge in [-0.25, -0.2) is 9.59 Å². The minimum Gasteiger partial charge on any atom is -0.496 e. The third-order valence-electron chi connectivity index (χ3n) is 6.03. The lowest BCUT2D eigenvalue weighted by molar-refractivity contribution is -0.156. The van der Waals surface area contributed by atoms with Gasteiger partial charge in [0, 0.05) is 31.5 Å². The molecule has 0 aliphatic carbocycles. The fraction of sp³-hybridized carbons (Fsp3) is 0.281. The molecule has 0 radical (unpaired) electrons. The summed E-state index contributed by atoms with van der Waals surface area (Å²) in [4.78, 5) is 36.6. The Labute approximate surface area is 240 Å². The summed E-state index contributed by atoms with van der Waals surface area (Å²) in [5.41, 5.74) is 3.46. The van der Waals surface area contributed by atoms with Gasteiger partial charge in [-0.2, -0.15) is 0 Å². The number of nitrogens with one attached hydrogen (secondary N) is 1. The molecule has 216 valence electrons. The lowest BCUT2D eigenvalue weighted by Gasteiger charge is -2.18. The second-order valence-corrected chi connectivity index (χ2v) is 8.93. The van der Waals surface area contributed by atoms with E-state index in [0.29, 0.717) is 36.5 Å². The van der Waals surface area contributed by atoms with Crippen molar-refractivity contribution in [3.05, 3.63) is 96.6 Å². The Morgan fingerprint density at radius 2 is 1.68 bits per heavy atom. The number of amides is 1. The number of hydrogen-bond acceptors (Lipinski definition) is 8. The van der Waals surface area contributed by atoms with E-state index in [9.17, 15) is 14.4 Å². The van der Waals surface area contributed by atoms with Crippen LogP contribution in [0.3, 0.4) is 0 Å². The van der Waals surface area contributed by atoms with Gasteiger partial charge in [0.2, 0.25) is 12.0 Å². The smallest absolute Gasteiger partial charge is 0.496 e. The van der Waals surface area contributed by atoms with E-state index in [2.05, 4.69) is 11.9 Å². The van der Waals surface area contributed by atoms with Gasteiger partial charge in [-0.1, -0.05) is 67.3 Å². The minimum absolute atomic E-state index is 0.0518.